The third-order valence-electron chi connectivity index (χ3n) is 3.89. The van der Waals surface area contributed by atoms with Crippen LogP contribution >= 0.6 is 0 Å². The van der Waals surface area contributed by atoms with E-state index in [2.05, 4.69) is 26.4 Å². The molecular formula is C21H16N4O3. The minimum Gasteiger partial charge on any atom is -0.465 e. The summed E-state index contributed by atoms with van der Waals surface area (Å²) in [5.41, 5.74) is 2.99. The number of benzene rings is 2. The zero-order valence-corrected chi connectivity index (χ0v) is 15.0. The number of nitrogens with zero attached hydrogens (tertiary/aromatic N) is 2. The van der Waals surface area contributed by atoms with Crippen LogP contribution in [-0.4, -0.2) is 24.0 Å². The van der Waals surface area contributed by atoms with Gasteiger partial charge in [-0.1, -0.05) is 12.1 Å². The highest BCUT2D eigenvalue weighted by Gasteiger charge is 2.10. The highest BCUT2D eigenvalue weighted by molar-refractivity contribution is 6.03. The van der Waals surface area contributed by atoms with E-state index in [0.717, 1.165) is 0 Å². The lowest BCUT2D eigenvalue weighted by atomic mass is 10.2. The summed E-state index contributed by atoms with van der Waals surface area (Å²) in [6.45, 7) is 0. The number of hydrogen-bond donors (Lipinski definition) is 2. The Morgan fingerprint density at radius 1 is 1.00 bits per heavy atom. The van der Waals surface area contributed by atoms with Gasteiger partial charge in [0.05, 0.1) is 35.8 Å². The summed E-state index contributed by atoms with van der Waals surface area (Å²) in [4.78, 5) is 27.9. The fraction of sp³-hybridized carbons (Fsp3) is 0.0476. The number of anilines is 3. The van der Waals surface area contributed by atoms with Crippen LogP contribution in [0, 0.1) is 11.3 Å². The number of ether oxygens (including phenoxy) is 1. The zero-order chi connectivity index (χ0) is 19.9. The number of carbonyl (C=O) groups excluding carboxylic acids is 2. The number of hydrogen-bond acceptors (Lipinski definition) is 6. The number of nitrogens with one attached hydrogen (secondary N) is 2. The van der Waals surface area contributed by atoms with Gasteiger partial charge in [0, 0.05) is 5.69 Å². The average molecular weight is 372 g/mol. The van der Waals surface area contributed by atoms with Crippen LogP contribution in [0.5, 0.6) is 0 Å². The lowest BCUT2D eigenvalue weighted by molar-refractivity contribution is 0.0600. The molecule has 0 radical (unpaired) electrons. The minimum atomic E-state index is -0.444. The first-order chi connectivity index (χ1) is 13.6. The maximum Gasteiger partial charge on any atom is 0.337 e. The second kappa shape index (κ2) is 8.47. The van der Waals surface area contributed by atoms with E-state index in [1.165, 1.54) is 13.3 Å². The normalized spacial score (nSPS) is 9.86. The minimum absolute atomic E-state index is 0.233. The van der Waals surface area contributed by atoms with Crippen molar-refractivity contribution in [2.75, 3.05) is 17.7 Å². The molecule has 0 saturated heterocycles. The van der Waals surface area contributed by atoms with E-state index in [1.807, 2.05) is 6.07 Å². The first kappa shape index (κ1) is 18.6. The summed E-state index contributed by atoms with van der Waals surface area (Å²) >= 11 is 0. The molecule has 0 atom stereocenters. The van der Waals surface area contributed by atoms with E-state index in [1.54, 1.807) is 54.6 Å². The van der Waals surface area contributed by atoms with Gasteiger partial charge in [-0.15, -0.1) is 0 Å². The fourth-order valence-electron chi connectivity index (χ4n) is 2.45. The lowest BCUT2D eigenvalue weighted by Gasteiger charge is -2.09. The summed E-state index contributed by atoms with van der Waals surface area (Å²) < 4.78 is 4.63. The molecule has 0 saturated carbocycles. The van der Waals surface area contributed by atoms with Crippen LogP contribution in [0.4, 0.5) is 17.1 Å². The molecule has 3 aromatic rings. The number of para-hydroxylation sites is 1. The molecule has 1 amide bonds. The van der Waals surface area contributed by atoms with Crippen LogP contribution in [0.2, 0.25) is 0 Å². The number of methoxy groups -OCH3 is 1. The Labute approximate surface area is 161 Å². The number of amides is 1. The molecule has 0 aliphatic rings. The van der Waals surface area contributed by atoms with Gasteiger partial charge in [-0.25, -0.2) is 9.78 Å². The van der Waals surface area contributed by atoms with Crippen LogP contribution in [0.15, 0.2) is 66.9 Å². The van der Waals surface area contributed by atoms with Crippen molar-refractivity contribution >= 4 is 28.9 Å². The Balaban J connectivity index is 1.67. The van der Waals surface area contributed by atoms with Gasteiger partial charge in [-0.05, 0) is 48.5 Å². The van der Waals surface area contributed by atoms with Crippen LogP contribution in [0.1, 0.15) is 26.4 Å². The van der Waals surface area contributed by atoms with Crippen LogP contribution in [-0.2, 0) is 4.74 Å². The predicted octanol–water partition coefficient (Wildman–Crippen LogP) is 3.74. The predicted molar refractivity (Wildman–Crippen MR) is 104 cm³/mol. The van der Waals surface area contributed by atoms with Crippen molar-refractivity contribution in [2.45, 2.75) is 0 Å². The molecule has 0 spiro atoms. The molecule has 138 valence electrons. The van der Waals surface area contributed by atoms with E-state index in [4.69, 9.17) is 5.26 Å². The third-order valence-corrected chi connectivity index (χ3v) is 3.89. The van der Waals surface area contributed by atoms with Crippen LogP contribution in [0.3, 0.4) is 0 Å². The number of aromatic nitrogens is 1. The molecule has 2 N–H and O–H groups in total. The van der Waals surface area contributed by atoms with E-state index in [-0.39, 0.29) is 11.6 Å². The molecule has 0 fully saturated rings. The van der Waals surface area contributed by atoms with Gasteiger partial charge in [0.15, 0.2) is 0 Å². The standard InChI is InChI=1S/C21H16N4O3/c1-28-21(27)14-6-8-16(9-7-14)25-20(26)19-11-10-17(13-23-19)24-18-5-3-2-4-15(18)12-22/h2-11,13,24H,1H3,(H,25,26). The second-order valence-corrected chi connectivity index (χ2v) is 5.74. The number of carbonyl (C=O) groups is 2. The van der Waals surface area contributed by atoms with Crippen molar-refractivity contribution in [3.05, 3.63) is 83.7 Å². The van der Waals surface area contributed by atoms with E-state index < -0.39 is 5.97 Å². The van der Waals surface area contributed by atoms with Crippen LogP contribution < -0.4 is 10.6 Å². The molecule has 1 aromatic heterocycles. The number of rotatable bonds is 5. The Morgan fingerprint density at radius 3 is 2.36 bits per heavy atom. The quantitative estimate of drug-likeness (QED) is 0.661. The van der Waals surface area contributed by atoms with Crippen molar-refractivity contribution in [3.8, 4) is 6.07 Å². The first-order valence-corrected chi connectivity index (χ1v) is 8.32. The highest BCUT2D eigenvalue weighted by atomic mass is 16.5. The average Bonchev–Trinajstić information content (AvgIpc) is 2.74. The van der Waals surface area contributed by atoms with Gasteiger partial charge in [-0.3, -0.25) is 4.79 Å². The Kier molecular flexibility index (Phi) is 5.63. The molecule has 28 heavy (non-hydrogen) atoms. The van der Waals surface area contributed by atoms with Gasteiger partial charge < -0.3 is 15.4 Å². The summed E-state index contributed by atoms with van der Waals surface area (Å²) in [6.07, 6.45) is 1.52. The Hall–Kier alpha value is -4.18. The van der Waals surface area contributed by atoms with Crippen molar-refractivity contribution in [2.24, 2.45) is 0 Å². The monoisotopic (exact) mass is 372 g/mol. The third kappa shape index (κ3) is 4.31. The van der Waals surface area contributed by atoms with Gasteiger partial charge in [-0.2, -0.15) is 5.26 Å². The van der Waals surface area contributed by atoms with Gasteiger partial charge >= 0.3 is 5.97 Å². The largest absolute Gasteiger partial charge is 0.465 e. The number of esters is 1. The smallest absolute Gasteiger partial charge is 0.337 e. The number of nitriles is 1. The fourth-order valence-corrected chi connectivity index (χ4v) is 2.45. The van der Waals surface area contributed by atoms with Crippen molar-refractivity contribution in [1.29, 1.82) is 5.26 Å². The maximum atomic E-state index is 12.3. The second-order valence-electron chi connectivity index (χ2n) is 5.74. The summed E-state index contributed by atoms with van der Waals surface area (Å²) in [5.74, 6) is -0.824. The zero-order valence-electron chi connectivity index (χ0n) is 15.0. The molecule has 0 bridgehead atoms. The molecule has 7 nitrogen and oxygen atoms in total. The summed E-state index contributed by atoms with van der Waals surface area (Å²) in [6, 6.07) is 18.9. The molecule has 0 unspecified atom stereocenters. The molecule has 7 heteroatoms. The van der Waals surface area contributed by atoms with Crippen molar-refractivity contribution in [1.82, 2.24) is 4.98 Å². The topological polar surface area (TPSA) is 104 Å². The SMILES string of the molecule is COC(=O)c1ccc(NC(=O)c2ccc(Nc3ccccc3C#N)cn2)cc1. The van der Waals surface area contributed by atoms with Crippen LogP contribution in [0.25, 0.3) is 0 Å². The molecule has 1 heterocycles. The van der Waals surface area contributed by atoms with Gasteiger partial charge in [0.1, 0.15) is 11.8 Å². The molecule has 0 aliphatic carbocycles. The molecule has 2 aromatic carbocycles. The van der Waals surface area contributed by atoms with Crippen molar-refractivity contribution < 1.29 is 14.3 Å². The Morgan fingerprint density at radius 2 is 1.71 bits per heavy atom. The molecular weight excluding hydrogens is 356 g/mol. The summed E-state index contributed by atoms with van der Waals surface area (Å²) in [7, 11) is 1.31. The maximum absolute atomic E-state index is 12.3. The van der Waals surface area contributed by atoms with E-state index in [0.29, 0.717) is 28.2 Å². The molecule has 0 aliphatic heterocycles. The first-order valence-electron chi connectivity index (χ1n) is 8.32. The lowest BCUT2D eigenvalue weighted by Crippen LogP contribution is -2.13. The van der Waals surface area contributed by atoms with E-state index >= 15 is 0 Å². The van der Waals surface area contributed by atoms with Gasteiger partial charge in [0.25, 0.3) is 5.91 Å². The highest BCUT2D eigenvalue weighted by Crippen LogP contribution is 2.20. The Bertz CT molecular complexity index is 1040. The van der Waals surface area contributed by atoms with Gasteiger partial charge in [0.2, 0.25) is 0 Å². The molecule has 3 rings (SSSR count). The van der Waals surface area contributed by atoms with Crippen molar-refractivity contribution in [3.63, 3.8) is 0 Å². The summed E-state index contributed by atoms with van der Waals surface area (Å²) in [5, 5.41) is 14.9. The van der Waals surface area contributed by atoms with E-state index in [9.17, 15) is 9.59 Å². The number of pyridine rings is 1.